The van der Waals surface area contributed by atoms with E-state index in [-0.39, 0.29) is 12.3 Å². The van der Waals surface area contributed by atoms with Crippen molar-refractivity contribution in [3.63, 3.8) is 0 Å². The van der Waals surface area contributed by atoms with Gasteiger partial charge in [0.15, 0.2) is 0 Å². The Morgan fingerprint density at radius 2 is 2.05 bits per heavy atom. The number of hydrogen-bond donors (Lipinski definition) is 1. The van der Waals surface area contributed by atoms with E-state index in [1.54, 1.807) is 6.92 Å². The third kappa shape index (κ3) is 2.40. The van der Waals surface area contributed by atoms with Gasteiger partial charge >= 0.3 is 5.97 Å². The number of fused-ring (bicyclic) bond motifs is 1. The molecule has 0 bridgehead atoms. The molecule has 2 heterocycles. The van der Waals surface area contributed by atoms with Crippen LogP contribution < -0.4 is 0 Å². The minimum Gasteiger partial charge on any atom is -0.480 e. The van der Waals surface area contributed by atoms with Crippen molar-refractivity contribution in [3.05, 3.63) is 52.9 Å². The van der Waals surface area contributed by atoms with Crippen molar-refractivity contribution in [1.82, 2.24) is 10.1 Å². The Balaban J connectivity index is 1.96. The molecule has 6 heteroatoms. The van der Waals surface area contributed by atoms with Crippen molar-refractivity contribution in [2.45, 2.75) is 25.9 Å². The molecule has 0 radical (unpaired) electrons. The van der Waals surface area contributed by atoms with Crippen molar-refractivity contribution in [2.75, 3.05) is 0 Å². The third-order valence-electron chi connectivity index (χ3n) is 3.63. The number of benzene rings is 1. The van der Waals surface area contributed by atoms with Crippen molar-refractivity contribution >= 4 is 11.9 Å². The van der Waals surface area contributed by atoms with Crippen LogP contribution in [0.25, 0.3) is 0 Å². The second-order valence-corrected chi connectivity index (χ2v) is 5.09. The first kappa shape index (κ1) is 13.4. The van der Waals surface area contributed by atoms with Crippen LogP contribution in [0.1, 0.15) is 27.4 Å². The summed E-state index contributed by atoms with van der Waals surface area (Å²) in [5.74, 6) is -1.40. The zero-order valence-electron chi connectivity index (χ0n) is 11.4. The van der Waals surface area contributed by atoms with Crippen molar-refractivity contribution < 1.29 is 19.2 Å². The standard InChI is InChI=1S/C15H14N2O4/c1-9-6-13(21-16-9)14(18)17-8-11-5-3-2-4-10(11)7-12(17)15(19)20/h2-6,12H,7-8H2,1H3,(H,19,20). The Bertz CT molecular complexity index is 707. The van der Waals surface area contributed by atoms with Crippen molar-refractivity contribution in [3.8, 4) is 0 Å². The maximum absolute atomic E-state index is 12.5. The van der Waals surface area contributed by atoms with E-state index in [0.29, 0.717) is 12.1 Å². The van der Waals surface area contributed by atoms with Crippen molar-refractivity contribution in [1.29, 1.82) is 0 Å². The summed E-state index contributed by atoms with van der Waals surface area (Å²) in [6, 6.07) is 8.17. The fourth-order valence-electron chi connectivity index (χ4n) is 2.56. The fourth-order valence-corrected chi connectivity index (χ4v) is 2.56. The molecule has 0 fully saturated rings. The highest BCUT2D eigenvalue weighted by Gasteiger charge is 2.36. The van der Waals surface area contributed by atoms with Gasteiger partial charge in [-0.2, -0.15) is 0 Å². The molecule has 1 N–H and O–H groups in total. The number of aryl methyl sites for hydroxylation is 1. The van der Waals surface area contributed by atoms with E-state index in [9.17, 15) is 14.7 Å². The molecule has 2 aromatic rings. The molecule has 6 nitrogen and oxygen atoms in total. The molecule has 1 aliphatic rings. The smallest absolute Gasteiger partial charge is 0.326 e. The van der Waals surface area contributed by atoms with Crippen LogP contribution in [0.2, 0.25) is 0 Å². The fraction of sp³-hybridized carbons (Fsp3) is 0.267. The maximum atomic E-state index is 12.5. The number of hydrogen-bond acceptors (Lipinski definition) is 4. The van der Waals surface area contributed by atoms with Crippen LogP contribution >= 0.6 is 0 Å². The predicted octanol–water partition coefficient (Wildman–Crippen LogP) is 1.63. The Labute approximate surface area is 121 Å². The molecule has 0 saturated heterocycles. The van der Waals surface area contributed by atoms with Gasteiger partial charge in [-0.25, -0.2) is 4.79 Å². The van der Waals surface area contributed by atoms with Crippen LogP contribution in [0.15, 0.2) is 34.9 Å². The minimum absolute atomic E-state index is 0.0677. The Hall–Kier alpha value is -2.63. The Morgan fingerprint density at radius 3 is 2.67 bits per heavy atom. The van der Waals surface area contributed by atoms with Crippen LogP contribution in [0.3, 0.4) is 0 Å². The number of aromatic nitrogens is 1. The van der Waals surface area contributed by atoms with Crippen molar-refractivity contribution in [2.24, 2.45) is 0 Å². The molecule has 1 aliphatic heterocycles. The summed E-state index contributed by atoms with van der Waals surface area (Å²) in [6.07, 6.45) is 0.296. The lowest BCUT2D eigenvalue weighted by Crippen LogP contribution is -2.48. The summed E-state index contributed by atoms with van der Waals surface area (Å²) >= 11 is 0. The molecule has 0 aliphatic carbocycles. The van der Waals surface area contributed by atoms with E-state index in [1.807, 2.05) is 24.3 Å². The molecule has 108 valence electrons. The van der Waals surface area contributed by atoms with Gasteiger partial charge in [0.25, 0.3) is 5.91 Å². The SMILES string of the molecule is Cc1cc(C(=O)N2Cc3ccccc3CC2C(=O)O)on1. The number of carboxylic acid groups (broad SMARTS) is 1. The largest absolute Gasteiger partial charge is 0.480 e. The summed E-state index contributed by atoms with van der Waals surface area (Å²) in [4.78, 5) is 25.3. The summed E-state index contributed by atoms with van der Waals surface area (Å²) in [7, 11) is 0. The molecule has 1 aromatic carbocycles. The van der Waals surface area contributed by atoms with E-state index in [0.717, 1.165) is 11.1 Å². The predicted molar refractivity (Wildman–Crippen MR) is 72.7 cm³/mol. The highest BCUT2D eigenvalue weighted by atomic mass is 16.5. The molecule has 1 unspecified atom stereocenters. The summed E-state index contributed by atoms with van der Waals surface area (Å²) in [5.41, 5.74) is 2.50. The molecule has 1 aromatic heterocycles. The normalized spacial score (nSPS) is 17.4. The first-order valence-electron chi connectivity index (χ1n) is 6.60. The lowest BCUT2D eigenvalue weighted by Gasteiger charge is -2.33. The van der Waals surface area contributed by atoms with E-state index < -0.39 is 17.9 Å². The Kier molecular flexibility index (Phi) is 3.21. The van der Waals surface area contributed by atoms with E-state index in [1.165, 1.54) is 11.0 Å². The number of carbonyl (C=O) groups is 2. The third-order valence-corrected chi connectivity index (χ3v) is 3.63. The zero-order valence-corrected chi connectivity index (χ0v) is 11.4. The molecule has 1 amide bonds. The van der Waals surface area contributed by atoms with Crippen LogP contribution in [-0.2, 0) is 17.8 Å². The molecule has 1 atom stereocenters. The van der Waals surface area contributed by atoms with Crippen LogP contribution in [0.4, 0.5) is 0 Å². The second-order valence-electron chi connectivity index (χ2n) is 5.09. The zero-order chi connectivity index (χ0) is 15.0. The molecule has 0 saturated carbocycles. The lowest BCUT2D eigenvalue weighted by molar-refractivity contribution is -0.142. The van der Waals surface area contributed by atoms with E-state index >= 15 is 0 Å². The lowest BCUT2D eigenvalue weighted by atomic mass is 9.94. The van der Waals surface area contributed by atoms with Crippen LogP contribution in [0, 0.1) is 6.92 Å². The van der Waals surface area contributed by atoms with E-state index in [2.05, 4.69) is 5.16 Å². The number of nitrogens with zero attached hydrogens (tertiary/aromatic N) is 2. The van der Waals surface area contributed by atoms with Crippen LogP contribution in [-0.4, -0.2) is 33.1 Å². The van der Waals surface area contributed by atoms with Crippen LogP contribution in [0.5, 0.6) is 0 Å². The quantitative estimate of drug-likeness (QED) is 0.907. The first-order valence-corrected chi connectivity index (χ1v) is 6.60. The summed E-state index contributed by atoms with van der Waals surface area (Å²) in [6.45, 7) is 1.96. The van der Waals surface area contributed by atoms with Gasteiger partial charge in [0, 0.05) is 19.0 Å². The highest BCUT2D eigenvalue weighted by molar-refractivity contribution is 5.94. The van der Waals surface area contributed by atoms with Gasteiger partial charge in [0.2, 0.25) is 5.76 Å². The number of rotatable bonds is 2. The minimum atomic E-state index is -1.02. The number of aliphatic carboxylic acids is 1. The van der Waals surface area contributed by atoms with Gasteiger partial charge < -0.3 is 14.5 Å². The molecular formula is C15H14N2O4. The average Bonchev–Trinajstić information content (AvgIpc) is 2.91. The van der Waals surface area contributed by atoms with Gasteiger partial charge in [0.05, 0.1) is 5.69 Å². The second kappa shape index (κ2) is 5.05. The molecular weight excluding hydrogens is 272 g/mol. The van der Waals surface area contributed by atoms with Gasteiger partial charge in [-0.15, -0.1) is 0 Å². The molecule has 3 rings (SSSR count). The molecule has 0 spiro atoms. The molecule has 21 heavy (non-hydrogen) atoms. The van der Waals surface area contributed by atoms with E-state index in [4.69, 9.17) is 4.52 Å². The summed E-state index contributed by atoms with van der Waals surface area (Å²) < 4.78 is 4.96. The Morgan fingerprint density at radius 1 is 1.33 bits per heavy atom. The van der Waals surface area contributed by atoms with Gasteiger partial charge in [-0.1, -0.05) is 29.4 Å². The van der Waals surface area contributed by atoms with Gasteiger partial charge in [-0.3, -0.25) is 4.79 Å². The first-order chi connectivity index (χ1) is 10.1. The number of carbonyl (C=O) groups excluding carboxylic acids is 1. The number of carboxylic acids is 1. The topological polar surface area (TPSA) is 83.6 Å². The van der Waals surface area contributed by atoms with Gasteiger partial charge in [0.1, 0.15) is 6.04 Å². The number of amides is 1. The monoisotopic (exact) mass is 286 g/mol. The highest BCUT2D eigenvalue weighted by Crippen LogP contribution is 2.25. The van der Waals surface area contributed by atoms with Gasteiger partial charge in [-0.05, 0) is 18.1 Å². The summed E-state index contributed by atoms with van der Waals surface area (Å²) in [5, 5.41) is 13.1. The average molecular weight is 286 g/mol. The maximum Gasteiger partial charge on any atom is 0.326 e.